The van der Waals surface area contributed by atoms with Crippen LogP contribution in [0.4, 0.5) is 8.78 Å². The fourth-order valence-electron chi connectivity index (χ4n) is 3.12. The van der Waals surface area contributed by atoms with Gasteiger partial charge < -0.3 is 14.6 Å². The van der Waals surface area contributed by atoms with Crippen molar-refractivity contribution in [2.75, 3.05) is 20.3 Å². The first-order valence-corrected chi connectivity index (χ1v) is 9.68. The van der Waals surface area contributed by atoms with Crippen LogP contribution in [0.25, 0.3) is 0 Å². The number of methoxy groups -OCH3 is 1. The van der Waals surface area contributed by atoms with E-state index in [0.717, 1.165) is 11.3 Å². The molecule has 4 nitrogen and oxygen atoms in total. The summed E-state index contributed by atoms with van der Waals surface area (Å²) in [7, 11) is 1.59. The van der Waals surface area contributed by atoms with E-state index in [0.29, 0.717) is 24.4 Å². The van der Waals surface area contributed by atoms with E-state index in [4.69, 9.17) is 9.47 Å². The summed E-state index contributed by atoms with van der Waals surface area (Å²) in [6.07, 6.45) is -0.792. The van der Waals surface area contributed by atoms with Crippen molar-refractivity contribution in [2.24, 2.45) is 0 Å². The molecular formula is C24H25F2NO3. The molecule has 0 radical (unpaired) electrons. The Bertz CT molecular complexity index is 916. The molecule has 0 aliphatic carbocycles. The van der Waals surface area contributed by atoms with Crippen LogP contribution in [0, 0.1) is 11.6 Å². The smallest absolute Gasteiger partial charge is 0.127 e. The lowest BCUT2D eigenvalue weighted by Gasteiger charge is -2.25. The maximum atomic E-state index is 14.1. The predicted octanol–water partition coefficient (Wildman–Crippen LogP) is 4.42. The Morgan fingerprint density at radius 2 is 1.53 bits per heavy atom. The molecule has 3 aromatic rings. The molecule has 1 N–H and O–H groups in total. The minimum absolute atomic E-state index is 0.0868. The molecule has 158 valence electrons. The van der Waals surface area contributed by atoms with Gasteiger partial charge in [0.25, 0.3) is 0 Å². The molecule has 0 aromatic heterocycles. The van der Waals surface area contributed by atoms with Gasteiger partial charge in [0.2, 0.25) is 0 Å². The summed E-state index contributed by atoms with van der Waals surface area (Å²) in [6, 6.07) is 19.8. The van der Waals surface area contributed by atoms with E-state index < -0.39 is 6.10 Å². The molecule has 0 unspecified atom stereocenters. The molecule has 0 amide bonds. The molecule has 0 aliphatic heterocycles. The fourth-order valence-corrected chi connectivity index (χ4v) is 3.12. The van der Waals surface area contributed by atoms with E-state index in [1.807, 2.05) is 4.90 Å². The van der Waals surface area contributed by atoms with Crippen molar-refractivity contribution in [3.05, 3.63) is 95.6 Å². The molecule has 3 aromatic carbocycles. The van der Waals surface area contributed by atoms with Crippen molar-refractivity contribution >= 4 is 0 Å². The van der Waals surface area contributed by atoms with Crippen LogP contribution in [0.5, 0.6) is 11.5 Å². The molecule has 0 saturated carbocycles. The number of rotatable bonds is 10. The molecule has 30 heavy (non-hydrogen) atoms. The summed E-state index contributed by atoms with van der Waals surface area (Å²) < 4.78 is 38.1. The maximum Gasteiger partial charge on any atom is 0.127 e. The zero-order valence-electron chi connectivity index (χ0n) is 16.8. The van der Waals surface area contributed by atoms with Gasteiger partial charge >= 0.3 is 0 Å². The number of benzene rings is 3. The van der Waals surface area contributed by atoms with Crippen LogP contribution in [0.2, 0.25) is 0 Å². The van der Waals surface area contributed by atoms with Crippen molar-refractivity contribution in [1.82, 2.24) is 4.90 Å². The van der Waals surface area contributed by atoms with Gasteiger partial charge in [0.15, 0.2) is 0 Å². The van der Waals surface area contributed by atoms with Gasteiger partial charge in [-0.15, -0.1) is 0 Å². The monoisotopic (exact) mass is 413 g/mol. The molecule has 0 fully saturated rings. The number of hydrogen-bond donors (Lipinski definition) is 1. The average Bonchev–Trinajstić information content (AvgIpc) is 2.76. The van der Waals surface area contributed by atoms with E-state index in [1.54, 1.807) is 61.7 Å². The largest absolute Gasteiger partial charge is 0.497 e. The number of aliphatic hydroxyl groups excluding tert-OH is 1. The summed E-state index contributed by atoms with van der Waals surface area (Å²) in [5.41, 5.74) is 1.40. The lowest BCUT2D eigenvalue weighted by atomic mass is 10.1. The standard InChI is InChI=1S/C24H25F2NO3/c1-29-22-10-12-23(13-11-22)30-17-21(28)16-27(14-18-6-8-20(25)9-7-18)15-19-4-2-3-5-24(19)26/h2-13,21,28H,14-17H2,1H3/t21-/m1/s1. The van der Waals surface area contributed by atoms with Crippen LogP contribution in [-0.2, 0) is 13.1 Å². The van der Waals surface area contributed by atoms with E-state index in [2.05, 4.69) is 0 Å². The fraction of sp³-hybridized carbons (Fsp3) is 0.250. The van der Waals surface area contributed by atoms with Gasteiger partial charge in [0, 0.05) is 25.2 Å². The molecule has 6 heteroatoms. The van der Waals surface area contributed by atoms with Crippen molar-refractivity contribution < 1.29 is 23.4 Å². The summed E-state index contributed by atoms with van der Waals surface area (Å²) >= 11 is 0. The first-order valence-electron chi connectivity index (χ1n) is 9.68. The third-order valence-corrected chi connectivity index (χ3v) is 4.64. The van der Waals surface area contributed by atoms with Gasteiger partial charge in [-0.2, -0.15) is 0 Å². The van der Waals surface area contributed by atoms with Gasteiger partial charge in [-0.25, -0.2) is 8.78 Å². The predicted molar refractivity (Wildman–Crippen MR) is 111 cm³/mol. The van der Waals surface area contributed by atoms with Crippen molar-refractivity contribution in [3.63, 3.8) is 0 Å². The zero-order valence-corrected chi connectivity index (χ0v) is 16.8. The highest BCUT2D eigenvalue weighted by Crippen LogP contribution is 2.18. The molecular weight excluding hydrogens is 388 g/mol. The lowest BCUT2D eigenvalue weighted by molar-refractivity contribution is 0.0624. The van der Waals surface area contributed by atoms with Crippen LogP contribution in [0.1, 0.15) is 11.1 Å². The second-order valence-corrected chi connectivity index (χ2v) is 7.03. The Morgan fingerprint density at radius 3 is 2.20 bits per heavy atom. The Kier molecular flexibility index (Phi) is 7.76. The Labute approximate surface area is 175 Å². The van der Waals surface area contributed by atoms with Crippen molar-refractivity contribution in [2.45, 2.75) is 19.2 Å². The van der Waals surface area contributed by atoms with Gasteiger partial charge in [0.05, 0.1) is 7.11 Å². The van der Waals surface area contributed by atoms with E-state index >= 15 is 0 Å². The minimum atomic E-state index is -0.792. The average molecular weight is 413 g/mol. The molecule has 0 spiro atoms. The number of ether oxygens (including phenoxy) is 2. The van der Waals surface area contributed by atoms with Gasteiger partial charge in [0.1, 0.15) is 35.8 Å². The SMILES string of the molecule is COc1ccc(OC[C@H](O)CN(Cc2ccc(F)cc2)Cc2ccccc2F)cc1. The quantitative estimate of drug-likeness (QED) is 0.535. The van der Waals surface area contributed by atoms with Crippen LogP contribution in [0.15, 0.2) is 72.8 Å². The number of hydrogen-bond acceptors (Lipinski definition) is 4. The van der Waals surface area contributed by atoms with Gasteiger partial charge in [-0.05, 0) is 48.0 Å². The van der Waals surface area contributed by atoms with Gasteiger partial charge in [-0.1, -0.05) is 30.3 Å². The zero-order chi connectivity index (χ0) is 21.3. The van der Waals surface area contributed by atoms with Crippen molar-refractivity contribution in [1.29, 1.82) is 0 Å². The molecule has 0 saturated heterocycles. The molecule has 3 rings (SSSR count). The van der Waals surface area contributed by atoms with Crippen LogP contribution < -0.4 is 9.47 Å². The number of nitrogens with zero attached hydrogens (tertiary/aromatic N) is 1. The Balaban J connectivity index is 1.63. The second-order valence-electron chi connectivity index (χ2n) is 7.03. The highest BCUT2D eigenvalue weighted by molar-refractivity contribution is 5.31. The first-order chi connectivity index (χ1) is 14.5. The first kappa shape index (κ1) is 21.7. The summed E-state index contributed by atoms with van der Waals surface area (Å²) in [5, 5.41) is 10.5. The highest BCUT2D eigenvalue weighted by atomic mass is 19.1. The van der Waals surface area contributed by atoms with Crippen LogP contribution in [-0.4, -0.2) is 36.4 Å². The minimum Gasteiger partial charge on any atom is -0.497 e. The maximum absolute atomic E-state index is 14.1. The lowest BCUT2D eigenvalue weighted by Crippen LogP contribution is -2.35. The van der Waals surface area contributed by atoms with E-state index in [9.17, 15) is 13.9 Å². The summed E-state index contributed by atoms with van der Waals surface area (Å²) in [6.45, 7) is 1.10. The normalized spacial score (nSPS) is 12.0. The molecule has 0 aliphatic rings. The second kappa shape index (κ2) is 10.7. The van der Waals surface area contributed by atoms with Gasteiger partial charge in [-0.3, -0.25) is 4.90 Å². The topological polar surface area (TPSA) is 41.9 Å². The summed E-state index contributed by atoms with van der Waals surface area (Å²) in [5.74, 6) is 0.727. The Morgan fingerprint density at radius 1 is 0.867 bits per heavy atom. The molecule has 1 atom stereocenters. The van der Waals surface area contributed by atoms with Crippen LogP contribution >= 0.6 is 0 Å². The Hall–Kier alpha value is -2.96. The van der Waals surface area contributed by atoms with E-state index in [1.165, 1.54) is 18.2 Å². The molecule has 0 bridgehead atoms. The molecule has 0 heterocycles. The third kappa shape index (κ3) is 6.54. The number of aliphatic hydroxyl groups is 1. The summed E-state index contributed by atoms with van der Waals surface area (Å²) in [4.78, 5) is 1.91. The van der Waals surface area contributed by atoms with E-state index in [-0.39, 0.29) is 24.8 Å². The van der Waals surface area contributed by atoms with Crippen LogP contribution in [0.3, 0.4) is 0 Å². The number of halogens is 2. The van der Waals surface area contributed by atoms with Crippen molar-refractivity contribution in [3.8, 4) is 11.5 Å². The highest BCUT2D eigenvalue weighted by Gasteiger charge is 2.16. The third-order valence-electron chi connectivity index (χ3n) is 4.64.